The van der Waals surface area contributed by atoms with Gasteiger partial charge in [0.1, 0.15) is 5.82 Å². The molecule has 6 nitrogen and oxygen atoms in total. The molecule has 2 aromatic carbocycles. The van der Waals surface area contributed by atoms with E-state index in [9.17, 15) is 4.79 Å². The molecule has 1 amide bonds. The van der Waals surface area contributed by atoms with Crippen molar-refractivity contribution in [2.75, 3.05) is 24.2 Å². The number of nitrogens with one attached hydrogen (secondary N) is 1. The molecule has 0 radical (unpaired) electrons. The van der Waals surface area contributed by atoms with E-state index < -0.39 is 0 Å². The minimum Gasteiger partial charge on any atom is -0.325 e. The molecule has 0 unspecified atom stereocenters. The Hall–Kier alpha value is -2.35. The molecule has 4 rings (SSSR count). The molecule has 1 aromatic heterocycles. The van der Waals surface area contributed by atoms with Gasteiger partial charge in [-0.15, -0.1) is 10.2 Å². The zero-order chi connectivity index (χ0) is 21.6. The number of likely N-dealkylation sites (tertiary alicyclic amines) is 1. The van der Waals surface area contributed by atoms with Crippen LogP contribution < -0.4 is 5.32 Å². The van der Waals surface area contributed by atoms with Crippen molar-refractivity contribution in [3.63, 3.8) is 0 Å². The highest BCUT2D eigenvalue weighted by Crippen LogP contribution is 2.23. The fraction of sp³-hybridized carbons (Fsp3) is 0.348. The molecule has 0 spiro atoms. The highest BCUT2D eigenvalue weighted by molar-refractivity contribution is 7.99. The number of amides is 1. The van der Waals surface area contributed by atoms with Gasteiger partial charge < -0.3 is 9.88 Å². The van der Waals surface area contributed by atoms with Gasteiger partial charge in [0, 0.05) is 10.7 Å². The number of carbonyl (C=O) groups is 1. The molecule has 31 heavy (non-hydrogen) atoms. The summed E-state index contributed by atoms with van der Waals surface area (Å²) >= 11 is 7.47. The Morgan fingerprint density at radius 3 is 2.65 bits per heavy atom. The van der Waals surface area contributed by atoms with E-state index in [0.29, 0.717) is 11.6 Å². The van der Waals surface area contributed by atoms with Crippen LogP contribution >= 0.6 is 23.4 Å². The maximum Gasteiger partial charge on any atom is 0.234 e. The third kappa shape index (κ3) is 5.87. The van der Waals surface area contributed by atoms with Crippen LogP contribution in [0.1, 0.15) is 29.8 Å². The predicted octanol–water partition coefficient (Wildman–Crippen LogP) is 4.61. The van der Waals surface area contributed by atoms with Crippen LogP contribution in [-0.4, -0.2) is 44.4 Å². The summed E-state index contributed by atoms with van der Waals surface area (Å²) in [6.07, 6.45) is 2.47. The highest BCUT2D eigenvalue weighted by Gasteiger charge is 2.19. The Kier molecular flexibility index (Phi) is 7.27. The van der Waals surface area contributed by atoms with Gasteiger partial charge in [0.25, 0.3) is 0 Å². The van der Waals surface area contributed by atoms with E-state index in [1.807, 2.05) is 37.3 Å². The number of halogens is 1. The number of thioether (sulfide) groups is 1. The van der Waals surface area contributed by atoms with Gasteiger partial charge in [0.15, 0.2) is 5.16 Å². The lowest BCUT2D eigenvalue weighted by Gasteiger charge is -2.16. The zero-order valence-corrected chi connectivity index (χ0v) is 19.1. The van der Waals surface area contributed by atoms with E-state index in [4.69, 9.17) is 11.6 Å². The standard InChI is InChI=1S/C23H26ClN5OS/c1-17-9-10-19(24)13-20(17)25-22(30)16-31-23-27-26-21(15-28-11-5-6-12-28)29(23)14-18-7-3-2-4-8-18/h2-4,7-10,13H,5-6,11-12,14-16H2,1H3,(H,25,30). The van der Waals surface area contributed by atoms with E-state index in [0.717, 1.165) is 41.9 Å². The number of nitrogens with zero attached hydrogens (tertiary/aromatic N) is 4. The average molecular weight is 456 g/mol. The van der Waals surface area contributed by atoms with Crippen LogP contribution in [0.5, 0.6) is 0 Å². The van der Waals surface area contributed by atoms with Gasteiger partial charge in [-0.2, -0.15) is 0 Å². The highest BCUT2D eigenvalue weighted by atomic mass is 35.5. The minimum atomic E-state index is -0.0919. The number of aryl methyl sites for hydroxylation is 1. The number of anilines is 1. The summed E-state index contributed by atoms with van der Waals surface area (Å²) in [6.45, 7) is 5.62. The third-order valence-corrected chi connectivity index (χ3v) is 6.55. The number of benzene rings is 2. The van der Waals surface area contributed by atoms with Crippen LogP contribution in [0.15, 0.2) is 53.7 Å². The van der Waals surface area contributed by atoms with Crippen molar-refractivity contribution in [1.29, 1.82) is 0 Å². The number of aromatic nitrogens is 3. The van der Waals surface area contributed by atoms with E-state index in [1.54, 1.807) is 6.07 Å². The van der Waals surface area contributed by atoms with E-state index in [2.05, 4.69) is 37.1 Å². The van der Waals surface area contributed by atoms with Crippen LogP contribution in [0.3, 0.4) is 0 Å². The number of rotatable bonds is 8. The van der Waals surface area contributed by atoms with E-state index in [1.165, 1.54) is 30.2 Å². The molecule has 1 aliphatic rings. The Labute approximate surface area is 192 Å². The summed E-state index contributed by atoms with van der Waals surface area (Å²) < 4.78 is 2.14. The van der Waals surface area contributed by atoms with E-state index in [-0.39, 0.29) is 11.7 Å². The van der Waals surface area contributed by atoms with Crippen molar-refractivity contribution in [2.24, 2.45) is 0 Å². The molecule has 1 N–H and O–H groups in total. The van der Waals surface area contributed by atoms with Crippen LogP contribution in [-0.2, 0) is 17.9 Å². The first-order chi connectivity index (χ1) is 15.1. The topological polar surface area (TPSA) is 63.1 Å². The largest absolute Gasteiger partial charge is 0.325 e. The molecular weight excluding hydrogens is 430 g/mol. The number of hydrogen-bond acceptors (Lipinski definition) is 5. The Morgan fingerprint density at radius 2 is 1.87 bits per heavy atom. The molecule has 2 heterocycles. The van der Waals surface area contributed by atoms with Crippen molar-refractivity contribution in [1.82, 2.24) is 19.7 Å². The molecule has 0 bridgehead atoms. The fourth-order valence-electron chi connectivity index (χ4n) is 3.65. The predicted molar refractivity (Wildman–Crippen MR) is 126 cm³/mol. The lowest BCUT2D eigenvalue weighted by Crippen LogP contribution is -2.22. The number of hydrogen-bond donors (Lipinski definition) is 1. The summed E-state index contributed by atoms with van der Waals surface area (Å²) in [5.74, 6) is 1.10. The molecule has 3 aromatic rings. The average Bonchev–Trinajstić information content (AvgIpc) is 3.41. The third-order valence-electron chi connectivity index (χ3n) is 5.35. The summed E-state index contributed by atoms with van der Waals surface area (Å²) in [6, 6.07) is 15.8. The first-order valence-electron chi connectivity index (χ1n) is 10.5. The second-order valence-corrected chi connectivity index (χ2v) is 9.13. The maximum atomic E-state index is 12.6. The van der Waals surface area contributed by atoms with Gasteiger partial charge in [-0.05, 0) is 56.1 Å². The van der Waals surface area contributed by atoms with Gasteiger partial charge in [-0.25, -0.2) is 0 Å². The molecular formula is C23H26ClN5OS. The van der Waals surface area contributed by atoms with Crippen LogP contribution in [0.2, 0.25) is 5.02 Å². The summed E-state index contributed by atoms with van der Waals surface area (Å²) in [5, 5.41) is 13.2. The van der Waals surface area contributed by atoms with Crippen molar-refractivity contribution < 1.29 is 4.79 Å². The molecule has 0 aliphatic carbocycles. The smallest absolute Gasteiger partial charge is 0.234 e. The van der Waals surface area contributed by atoms with Gasteiger partial charge >= 0.3 is 0 Å². The zero-order valence-electron chi connectivity index (χ0n) is 17.6. The molecule has 0 atom stereocenters. The molecule has 0 saturated carbocycles. The SMILES string of the molecule is Cc1ccc(Cl)cc1NC(=O)CSc1nnc(CN2CCCC2)n1Cc1ccccc1. The molecule has 8 heteroatoms. The molecule has 1 fully saturated rings. The van der Waals surface area contributed by atoms with Gasteiger partial charge in [0.05, 0.1) is 18.8 Å². The lowest BCUT2D eigenvalue weighted by molar-refractivity contribution is -0.113. The Morgan fingerprint density at radius 1 is 1.10 bits per heavy atom. The van der Waals surface area contributed by atoms with Crippen LogP contribution in [0.25, 0.3) is 0 Å². The number of carbonyl (C=O) groups excluding carboxylic acids is 1. The second kappa shape index (κ2) is 10.3. The Bertz CT molecular complexity index is 1030. The van der Waals surface area contributed by atoms with Crippen LogP contribution in [0, 0.1) is 6.92 Å². The maximum absolute atomic E-state index is 12.6. The van der Waals surface area contributed by atoms with Gasteiger partial charge in [0.2, 0.25) is 5.91 Å². The first-order valence-corrected chi connectivity index (χ1v) is 11.8. The van der Waals surface area contributed by atoms with Crippen molar-refractivity contribution >= 4 is 35.0 Å². The Balaban J connectivity index is 1.46. The second-order valence-electron chi connectivity index (χ2n) is 7.75. The molecule has 1 saturated heterocycles. The van der Waals surface area contributed by atoms with Crippen LogP contribution in [0.4, 0.5) is 5.69 Å². The van der Waals surface area contributed by atoms with Gasteiger partial charge in [-0.3, -0.25) is 9.69 Å². The van der Waals surface area contributed by atoms with Crippen molar-refractivity contribution in [3.8, 4) is 0 Å². The molecule has 1 aliphatic heterocycles. The lowest BCUT2D eigenvalue weighted by atomic mass is 10.2. The molecule has 162 valence electrons. The van der Waals surface area contributed by atoms with Gasteiger partial charge in [-0.1, -0.05) is 59.8 Å². The van der Waals surface area contributed by atoms with E-state index >= 15 is 0 Å². The monoisotopic (exact) mass is 455 g/mol. The summed E-state index contributed by atoms with van der Waals surface area (Å²) in [5.41, 5.74) is 2.90. The fourth-order valence-corrected chi connectivity index (χ4v) is 4.58. The van der Waals surface area contributed by atoms with Crippen molar-refractivity contribution in [2.45, 2.75) is 38.0 Å². The summed E-state index contributed by atoms with van der Waals surface area (Å²) in [7, 11) is 0. The minimum absolute atomic E-state index is 0.0919. The first kappa shape index (κ1) is 21.9. The normalized spacial score (nSPS) is 14.1. The van der Waals surface area contributed by atoms with Crippen molar-refractivity contribution in [3.05, 3.63) is 70.5 Å². The summed E-state index contributed by atoms with van der Waals surface area (Å²) in [4.78, 5) is 15.0. The quantitative estimate of drug-likeness (QED) is 0.502.